The molecular weight excluding hydrogens is 344 g/mol. The van der Waals surface area contributed by atoms with Crippen LogP contribution in [0, 0.1) is 13.8 Å². The van der Waals surface area contributed by atoms with Crippen molar-refractivity contribution in [1.29, 1.82) is 0 Å². The second kappa shape index (κ2) is 6.95. The van der Waals surface area contributed by atoms with E-state index in [1.807, 2.05) is 31.2 Å². The van der Waals surface area contributed by atoms with E-state index in [9.17, 15) is 4.79 Å². The molecule has 0 aliphatic heterocycles. The maximum Gasteiger partial charge on any atom is 0.340 e. The normalized spacial score (nSPS) is 10.9. The van der Waals surface area contributed by atoms with Gasteiger partial charge in [0.15, 0.2) is 6.61 Å². The maximum atomic E-state index is 12.5. The van der Waals surface area contributed by atoms with Gasteiger partial charge < -0.3 is 9.26 Å². The first-order chi connectivity index (χ1) is 13.1. The van der Waals surface area contributed by atoms with Gasteiger partial charge in [0.05, 0.1) is 16.8 Å². The molecule has 0 radical (unpaired) electrons. The fraction of sp³-hybridized carbons (Fsp3) is 0.150. The van der Waals surface area contributed by atoms with Crippen molar-refractivity contribution in [3.05, 3.63) is 71.5 Å². The summed E-state index contributed by atoms with van der Waals surface area (Å²) in [6.45, 7) is 3.66. The molecule has 3 heterocycles. The molecule has 3 aromatic heterocycles. The van der Waals surface area contributed by atoms with Crippen molar-refractivity contribution < 1.29 is 14.1 Å². The summed E-state index contributed by atoms with van der Waals surface area (Å²) in [5.74, 6) is 0.127. The number of esters is 1. The number of benzene rings is 1. The second-order valence-electron chi connectivity index (χ2n) is 6.15. The van der Waals surface area contributed by atoms with Crippen molar-refractivity contribution in [2.24, 2.45) is 0 Å². The maximum absolute atomic E-state index is 12.5. The Morgan fingerprint density at radius 3 is 2.85 bits per heavy atom. The average molecular weight is 360 g/mol. The van der Waals surface area contributed by atoms with Crippen LogP contribution in [-0.2, 0) is 11.3 Å². The summed E-state index contributed by atoms with van der Waals surface area (Å²) in [6.07, 6.45) is 3.29. The number of nitrogens with zero attached hydrogens (tertiary/aromatic N) is 4. The first-order valence-corrected chi connectivity index (χ1v) is 8.38. The highest BCUT2D eigenvalue weighted by atomic mass is 16.6. The van der Waals surface area contributed by atoms with Crippen molar-refractivity contribution in [2.75, 3.05) is 0 Å². The number of aromatic nitrogens is 4. The SMILES string of the molecule is Cc1ccc2nc(C)c(C(=O)OCc3nc(-c4cccnc4)no3)cc2c1. The van der Waals surface area contributed by atoms with E-state index in [2.05, 4.69) is 20.1 Å². The molecule has 134 valence electrons. The van der Waals surface area contributed by atoms with Crippen molar-refractivity contribution in [1.82, 2.24) is 20.1 Å². The topological polar surface area (TPSA) is 91.0 Å². The summed E-state index contributed by atoms with van der Waals surface area (Å²) in [7, 11) is 0. The predicted molar refractivity (Wildman–Crippen MR) is 97.9 cm³/mol. The van der Waals surface area contributed by atoms with E-state index in [1.165, 1.54) is 0 Å². The Kier molecular flexibility index (Phi) is 4.33. The average Bonchev–Trinajstić information content (AvgIpc) is 3.16. The lowest BCUT2D eigenvalue weighted by Crippen LogP contribution is -2.08. The molecule has 4 rings (SSSR count). The fourth-order valence-corrected chi connectivity index (χ4v) is 2.73. The molecule has 7 heteroatoms. The Morgan fingerprint density at radius 1 is 1.15 bits per heavy atom. The van der Waals surface area contributed by atoms with Crippen molar-refractivity contribution >= 4 is 16.9 Å². The van der Waals surface area contributed by atoms with Crippen LogP contribution in [0.25, 0.3) is 22.3 Å². The molecule has 27 heavy (non-hydrogen) atoms. The number of ether oxygens (including phenoxy) is 1. The van der Waals surface area contributed by atoms with Crippen LogP contribution in [0.5, 0.6) is 0 Å². The lowest BCUT2D eigenvalue weighted by atomic mass is 10.1. The zero-order valence-corrected chi connectivity index (χ0v) is 14.8. The number of aryl methyl sites for hydroxylation is 2. The van der Waals surface area contributed by atoms with E-state index >= 15 is 0 Å². The van der Waals surface area contributed by atoms with E-state index in [-0.39, 0.29) is 12.5 Å². The summed E-state index contributed by atoms with van der Waals surface area (Å²) < 4.78 is 10.5. The fourth-order valence-electron chi connectivity index (χ4n) is 2.73. The predicted octanol–water partition coefficient (Wildman–Crippen LogP) is 3.65. The summed E-state index contributed by atoms with van der Waals surface area (Å²) in [4.78, 5) is 25.2. The summed E-state index contributed by atoms with van der Waals surface area (Å²) in [5, 5.41) is 4.77. The van der Waals surface area contributed by atoms with E-state index in [0.717, 1.165) is 22.0 Å². The lowest BCUT2D eigenvalue weighted by molar-refractivity contribution is 0.0428. The number of rotatable bonds is 4. The summed E-state index contributed by atoms with van der Waals surface area (Å²) in [5.41, 5.74) is 3.69. The van der Waals surface area contributed by atoms with Gasteiger partial charge in [-0.15, -0.1) is 0 Å². The molecule has 4 aromatic rings. The van der Waals surface area contributed by atoms with E-state index < -0.39 is 5.97 Å². The minimum Gasteiger partial charge on any atom is -0.452 e. The molecule has 0 spiro atoms. The van der Waals surface area contributed by atoms with Crippen LogP contribution in [0.2, 0.25) is 0 Å². The van der Waals surface area contributed by atoms with Crippen LogP contribution < -0.4 is 0 Å². The van der Waals surface area contributed by atoms with Gasteiger partial charge in [-0.3, -0.25) is 9.97 Å². The largest absolute Gasteiger partial charge is 0.452 e. The molecule has 0 N–H and O–H groups in total. The first kappa shape index (κ1) is 16.8. The van der Waals surface area contributed by atoms with Crippen molar-refractivity contribution in [2.45, 2.75) is 20.5 Å². The zero-order valence-electron chi connectivity index (χ0n) is 14.8. The highest BCUT2D eigenvalue weighted by molar-refractivity contribution is 5.95. The van der Waals surface area contributed by atoms with Gasteiger partial charge in [-0.25, -0.2) is 4.79 Å². The number of carbonyl (C=O) groups excluding carboxylic acids is 1. The Balaban J connectivity index is 1.51. The van der Waals surface area contributed by atoms with E-state index in [1.54, 1.807) is 31.5 Å². The monoisotopic (exact) mass is 360 g/mol. The first-order valence-electron chi connectivity index (χ1n) is 8.38. The molecule has 0 aliphatic rings. The van der Waals surface area contributed by atoms with Gasteiger partial charge in [-0.2, -0.15) is 4.98 Å². The minimum atomic E-state index is -0.482. The smallest absolute Gasteiger partial charge is 0.340 e. The summed E-state index contributed by atoms with van der Waals surface area (Å²) >= 11 is 0. The van der Waals surface area contributed by atoms with Crippen molar-refractivity contribution in [3.8, 4) is 11.4 Å². The quantitative estimate of drug-likeness (QED) is 0.513. The zero-order chi connectivity index (χ0) is 18.8. The van der Waals surface area contributed by atoms with Crippen LogP contribution in [0.3, 0.4) is 0 Å². The van der Waals surface area contributed by atoms with Crippen molar-refractivity contribution in [3.63, 3.8) is 0 Å². The molecule has 0 fully saturated rings. The molecule has 0 amide bonds. The number of hydrogen-bond donors (Lipinski definition) is 0. The van der Waals surface area contributed by atoms with Gasteiger partial charge in [-0.1, -0.05) is 16.8 Å². The van der Waals surface area contributed by atoms with Gasteiger partial charge in [0, 0.05) is 23.3 Å². The molecular formula is C20H16N4O3. The molecule has 0 unspecified atom stereocenters. The Bertz CT molecular complexity index is 1120. The van der Waals surface area contributed by atoms with Crippen LogP contribution in [0.15, 0.2) is 53.3 Å². The van der Waals surface area contributed by atoms with E-state index in [4.69, 9.17) is 9.26 Å². The number of carbonyl (C=O) groups is 1. The standard InChI is InChI=1S/C20H16N4O3/c1-12-5-6-17-15(8-12)9-16(13(2)22-17)20(25)26-11-18-23-19(24-27-18)14-4-3-7-21-10-14/h3-10H,11H2,1-2H3. The van der Waals surface area contributed by atoms with E-state index in [0.29, 0.717) is 17.1 Å². The number of fused-ring (bicyclic) bond motifs is 1. The van der Waals surface area contributed by atoms with Gasteiger partial charge in [0.25, 0.3) is 5.89 Å². The second-order valence-corrected chi connectivity index (χ2v) is 6.15. The minimum absolute atomic E-state index is 0.114. The highest BCUT2D eigenvalue weighted by Crippen LogP contribution is 2.19. The Morgan fingerprint density at radius 2 is 2.04 bits per heavy atom. The van der Waals surface area contributed by atoms with Crippen LogP contribution >= 0.6 is 0 Å². The number of pyridine rings is 2. The summed E-state index contributed by atoms with van der Waals surface area (Å²) in [6, 6.07) is 11.3. The molecule has 0 bridgehead atoms. The molecule has 0 atom stereocenters. The molecule has 0 aliphatic carbocycles. The third-order valence-electron chi connectivity index (χ3n) is 4.10. The van der Waals surface area contributed by atoms with Gasteiger partial charge in [0.1, 0.15) is 0 Å². The molecule has 0 saturated carbocycles. The van der Waals surface area contributed by atoms with Gasteiger partial charge >= 0.3 is 5.97 Å². The molecule has 7 nitrogen and oxygen atoms in total. The van der Waals surface area contributed by atoms with Gasteiger partial charge in [-0.05, 0) is 44.2 Å². The highest BCUT2D eigenvalue weighted by Gasteiger charge is 2.16. The Hall–Kier alpha value is -3.61. The third kappa shape index (κ3) is 3.52. The van der Waals surface area contributed by atoms with Gasteiger partial charge in [0.2, 0.25) is 5.82 Å². The number of hydrogen-bond acceptors (Lipinski definition) is 7. The molecule has 0 saturated heterocycles. The molecule has 1 aromatic carbocycles. The lowest BCUT2D eigenvalue weighted by Gasteiger charge is -2.07. The van der Waals surface area contributed by atoms with Crippen LogP contribution in [-0.4, -0.2) is 26.1 Å². The van der Waals surface area contributed by atoms with Crippen LogP contribution in [0.1, 0.15) is 27.5 Å². The third-order valence-corrected chi connectivity index (χ3v) is 4.10. The Labute approximate surface area is 155 Å². The van der Waals surface area contributed by atoms with Crippen LogP contribution in [0.4, 0.5) is 0 Å².